The fourth-order valence-corrected chi connectivity index (χ4v) is 2.81. The molecular formula is C24H20N6. The summed E-state index contributed by atoms with van der Waals surface area (Å²) in [5.41, 5.74) is 1.82. The molecular weight excluding hydrogens is 372 g/mol. The van der Waals surface area contributed by atoms with Crippen molar-refractivity contribution in [3.8, 4) is 0 Å². The SMILES string of the molecule is C(/C=N\N(c1ccccc1)c1ccccn1)=N/N(c1ccccc1)c1ccccn1. The highest BCUT2D eigenvalue weighted by atomic mass is 15.5. The van der Waals surface area contributed by atoms with E-state index in [1.807, 2.05) is 97.1 Å². The number of rotatable bonds is 7. The van der Waals surface area contributed by atoms with Crippen LogP contribution in [0.15, 0.2) is 120 Å². The lowest BCUT2D eigenvalue weighted by Gasteiger charge is -2.18. The maximum Gasteiger partial charge on any atom is 0.153 e. The molecule has 6 heteroatoms. The average Bonchev–Trinajstić information content (AvgIpc) is 2.84. The Morgan fingerprint density at radius 1 is 0.500 bits per heavy atom. The molecule has 4 rings (SSSR count). The van der Waals surface area contributed by atoms with Crippen molar-refractivity contribution in [1.29, 1.82) is 0 Å². The Balaban J connectivity index is 1.61. The van der Waals surface area contributed by atoms with Crippen LogP contribution in [0, 0.1) is 0 Å². The number of hydrogen-bond acceptors (Lipinski definition) is 6. The summed E-state index contributed by atoms with van der Waals surface area (Å²) >= 11 is 0. The van der Waals surface area contributed by atoms with Crippen molar-refractivity contribution < 1.29 is 0 Å². The van der Waals surface area contributed by atoms with Gasteiger partial charge in [-0.25, -0.2) is 20.0 Å². The standard InChI is InChI=1S/C24H20N6/c1-3-11-21(12-4-1)29(23-15-7-9-17-25-23)27-19-20-28-30(22-13-5-2-6-14-22)24-16-8-10-18-26-24/h1-20H/b27-19-,28-20-. The summed E-state index contributed by atoms with van der Waals surface area (Å²) in [7, 11) is 0. The fourth-order valence-electron chi connectivity index (χ4n) is 2.81. The Labute approximate surface area is 175 Å². The smallest absolute Gasteiger partial charge is 0.153 e. The van der Waals surface area contributed by atoms with Crippen molar-refractivity contribution in [3.63, 3.8) is 0 Å². The first-order valence-corrected chi connectivity index (χ1v) is 9.51. The molecule has 30 heavy (non-hydrogen) atoms. The monoisotopic (exact) mass is 392 g/mol. The number of hydrazone groups is 2. The largest absolute Gasteiger partial charge is 0.237 e. The van der Waals surface area contributed by atoms with Gasteiger partial charge in [0.1, 0.15) is 0 Å². The van der Waals surface area contributed by atoms with Gasteiger partial charge in [0.2, 0.25) is 0 Å². The minimum Gasteiger partial charge on any atom is -0.237 e. The van der Waals surface area contributed by atoms with E-state index in [9.17, 15) is 0 Å². The first kappa shape index (κ1) is 19.0. The normalized spacial score (nSPS) is 11.1. The van der Waals surface area contributed by atoms with Crippen LogP contribution in [0.25, 0.3) is 0 Å². The van der Waals surface area contributed by atoms with Crippen molar-refractivity contribution in [2.75, 3.05) is 10.0 Å². The number of anilines is 4. The van der Waals surface area contributed by atoms with E-state index in [0.717, 1.165) is 23.0 Å². The highest BCUT2D eigenvalue weighted by Gasteiger charge is 2.09. The molecule has 2 aromatic heterocycles. The molecule has 4 aromatic rings. The summed E-state index contributed by atoms with van der Waals surface area (Å²) in [4.78, 5) is 8.82. The van der Waals surface area contributed by atoms with Crippen LogP contribution < -0.4 is 10.0 Å². The van der Waals surface area contributed by atoms with Crippen LogP contribution in [0.2, 0.25) is 0 Å². The number of pyridine rings is 2. The number of benzene rings is 2. The summed E-state index contributed by atoms with van der Waals surface area (Å²) in [6.07, 6.45) is 6.77. The van der Waals surface area contributed by atoms with Crippen LogP contribution in [0.1, 0.15) is 0 Å². The second-order valence-corrected chi connectivity index (χ2v) is 6.20. The second-order valence-electron chi connectivity index (χ2n) is 6.20. The molecule has 0 saturated heterocycles. The number of aromatic nitrogens is 2. The van der Waals surface area contributed by atoms with Crippen LogP contribution in [0.4, 0.5) is 23.0 Å². The molecule has 0 aliphatic heterocycles. The van der Waals surface area contributed by atoms with E-state index in [1.54, 1.807) is 34.8 Å². The molecule has 0 saturated carbocycles. The van der Waals surface area contributed by atoms with E-state index < -0.39 is 0 Å². The van der Waals surface area contributed by atoms with Gasteiger partial charge >= 0.3 is 0 Å². The molecule has 6 nitrogen and oxygen atoms in total. The molecule has 0 aliphatic rings. The van der Waals surface area contributed by atoms with E-state index in [1.165, 1.54) is 0 Å². The average molecular weight is 392 g/mol. The first-order chi connectivity index (χ1) is 14.9. The van der Waals surface area contributed by atoms with Crippen molar-refractivity contribution in [1.82, 2.24) is 9.97 Å². The molecule has 2 aromatic carbocycles. The zero-order valence-corrected chi connectivity index (χ0v) is 16.2. The lowest BCUT2D eigenvalue weighted by molar-refractivity contribution is 1.04. The molecule has 0 spiro atoms. The number of hydrogen-bond donors (Lipinski definition) is 0. The summed E-state index contributed by atoms with van der Waals surface area (Å²) in [5, 5.41) is 12.7. The van der Waals surface area contributed by atoms with Crippen molar-refractivity contribution >= 4 is 35.4 Å². The summed E-state index contributed by atoms with van der Waals surface area (Å²) in [6.45, 7) is 0. The van der Waals surface area contributed by atoms with Crippen LogP contribution >= 0.6 is 0 Å². The van der Waals surface area contributed by atoms with Gasteiger partial charge in [-0.2, -0.15) is 10.2 Å². The predicted molar refractivity (Wildman–Crippen MR) is 123 cm³/mol. The Morgan fingerprint density at radius 2 is 0.900 bits per heavy atom. The molecule has 0 amide bonds. The molecule has 0 unspecified atom stereocenters. The molecule has 0 atom stereocenters. The molecule has 0 bridgehead atoms. The molecule has 0 N–H and O–H groups in total. The lowest BCUT2D eigenvalue weighted by atomic mass is 10.3. The Kier molecular flexibility index (Phi) is 6.18. The van der Waals surface area contributed by atoms with Gasteiger partial charge in [-0.3, -0.25) is 0 Å². The van der Waals surface area contributed by atoms with Gasteiger partial charge in [0, 0.05) is 12.4 Å². The van der Waals surface area contributed by atoms with Gasteiger partial charge in [0.15, 0.2) is 11.6 Å². The van der Waals surface area contributed by atoms with E-state index >= 15 is 0 Å². The van der Waals surface area contributed by atoms with E-state index in [-0.39, 0.29) is 0 Å². The molecule has 146 valence electrons. The van der Waals surface area contributed by atoms with Gasteiger partial charge in [-0.05, 0) is 48.5 Å². The van der Waals surface area contributed by atoms with Crippen molar-refractivity contribution in [2.45, 2.75) is 0 Å². The lowest BCUT2D eigenvalue weighted by Crippen LogP contribution is -2.12. The molecule has 0 fully saturated rings. The Bertz CT molecular complexity index is 914. The third-order valence-electron chi connectivity index (χ3n) is 4.17. The number of para-hydroxylation sites is 2. The predicted octanol–water partition coefficient (Wildman–Crippen LogP) is 5.42. The maximum atomic E-state index is 4.57. The quantitative estimate of drug-likeness (QED) is 0.311. The van der Waals surface area contributed by atoms with Gasteiger partial charge in [-0.1, -0.05) is 48.5 Å². The van der Waals surface area contributed by atoms with Crippen LogP contribution in [-0.2, 0) is 0 Å². The third kappa shape index (κ3) is 4.74. The highest BCUT2D eigenvalue weighted by molar-refractivity contribution is 6.16. The van der Waals surface area contributed by atoms with Crippen molar-refractivity contribution in [3.05, 3.63) is 109 Å². The molecule has 0 radical (unpaired) electrons. The summed E-state index contributed by atoms with van der Waals surface area (Å²) < 4.78 is 0. The van der Waals surface area contributed by atoms with E-state index in [0.29, 0.717) is 0 Å². The first-order valence-electron chi connectivity index (χ1n) is 9.51. The van der Waals surface area contributed by atoms with Gasteiger partial charge < -0.3 is 0 Å². The summed E-state index contributed by atoms with van der Waals surface area (Å²) in [6, 6.07) is 31.1. The van der Waals surface area contributed by atoms with Crippen LogP contribution in [0.3, 0.4) is 0 Å². The van der Waals surface area contributed by atoms with E-state index in [4.69, 9.17) is 0 Å². The van der Waals surface area contributed by atoms with E-state index in [2.05, 4.69) is 20.2 Å². The van der Waals surface area contributed by atoms with Gasteiger partial charge in [-0.15, -0.1) is 0 Å². The maximum absolute atomic E-state index is 4.57. The van der Waals surface area contributed by atoms with Crippen LogP contribution in [-0.4, -0.2) is 22.4 Å². The number of nitrogens with zero attached hydrogens (tertiary/aromatic N) is 6. The second kappa shape index (κ2) is 9.75. The third-order valence-corrected chi connectivity index (χ3v) is 4.17. The molecule has 0 aliphatic carbocycles. The highest BCUT2D eigenvalue weighted by Crippen LogP contribution is 2.24. The fraction of sp³-hybridized carbons (Fsp3) is 0. The van der Waals surface area contributed by atoms with Gasteiger partial charge in [0.05, 0.1) is 23.8 Å². The Hall–Kier alpha value is -4.32. The van der Waals surface area contributed by atoms with Crippen molar-refractivity contribution in [2.24, 2.45) is 10.2 Å². The Morgan fingerprint density at radius 3 is 1.27 bits per heavy atom. The molecule has 2 heterocycles. The zero-order chi connectivity index (χ0) is 20.4. The minimum atomic E-state index is 0.720. The minimum absolute atomic E-state index is 0.720. The van der Waals surface area contributed by atoms with Gasteiger partial charge in [0.25, 0.3) is 0 Å². The van der Waals surface area contributed by atoms with Crippen LogP contribution in [0.5, 0.6) is 0 Å². The topological polar surface area (TPSA) is 57.0 Å². The summed E-state index contributed by atoms with van der Waals surface area (Å²) in [5.74, 6) is 1.44. The zero-order valence-electron chi connectivity index (χ0n) is 16.2.